The molecule has 0 bridgehead atoms. The van der Waals surface area contributed by atoms with Crippen LogP contribution in [0.25, 0.3) is 0 Å². The minimum Gasteiger partial charge on any atom is -0.382 e. The van der Waals surface area contributed by atoms with Gasteiger partial charge in [-0.25, -0.2) is 0 Å². The predicted octanol–water partition coefficient (Wildman–Crippen LogP) is 1.09. The van der Waals surface area contributed by atoms with Crippen LogP contribution in [0, 0.1) is 0 Å². The molecule has 0 radical (unpaired) electrons. The summed E-state index contributed by atoms with van der Waals surface area (Å²) in [5.41, 5.74) is 0. The molecule has 1 atom stereocenters. The number of hydrogen-bond donors (Lipinski definition) is 0. The van der Waals surface area contributed by atoms with E-state index in [1.807, 2.05) is 0 Å². The van der Waals surface area contributed by atoms with Gasteiger partial charge >= 0.3 is 0 Å². The van der Waals surface area contributed by atoms with Crippen LogP contribution in [0.3, 0.4) is 0 Å². The van der Waals surface area contributed by atoms with Gasteiger partial charge in [-0.1, -0.05) is 6.92 Å². The first kappa shape index (κ1) is 13.8. The first-order valence-corrected chi connectivity index (χ1v) is 5.02. The highest BCUT2D eigenvalue weighted by Crippen LogP contribution is 1.96. The molecular weight excluding hydrogens is 184 g/mol. The van der Waals surface area contributed by atoms with E-state index >= 15 is 0 Å². The van der Waals surface area contributed by atoms with Crippen molar-refractivity contribution in [1.82, 2.24) is 0 Å². The average Bonchev–Trinajstić information content (AvgIpc) is 2.22. The normalized spacial score (nSPS) is 13.1. The van der Waals surface area contributed by atoms with E-state index in [1.165, 1.54) is 0 Å². The topological polar surface area (TPSA) is 36.9 Å². The minimum absolute atomic E-state index is 0.203. The molecule has 0 aliphatic rings. The van der Waals surface area contributed by atoms with E-state index in [9.17, 15) is 0 Å². The second-order valence-corrected chi connectivity index (χ2v) is 2.95. The molecule has 0 saturated heterocycles. The van der Waals surface area contributed by atoms with Gasteiger partial charge in [0, 0.05) is 14.2 Å². The van der Waals surface area contributed by atoms with E-state index in [1.54, 1.807) is 14.2 Å². The number of hydrogen-bond acceptors (Lipinski definition) is 4. The first-order valence-electron chi connectivity index (χ1n) is 5.02. The Morgan fingerprint density at radius 1 is 0.929 bits per heavy atom. The van der Waals surface area contributed by atoms with Crippen molar-refractivity contribution in [2.75, 3.05) is 47.3 Å². The Balaban J connectivity index is 3.04. The maximum absolute atomic E-state index is 5.37. The molecule has 0 aromatic rings. The van der Waals surface area contributed by atoms with Crippen LogP contribution < -0.4 is 0 Å². The van der Waals surface area contributed by atoms with Crippen molar-refractivity contribution in [2.24, 2.45) is 0 Å². The lowest BCUT2D eigenvalue weighted by molar-refractivity contribution is -0.0200. The van der Waals surface area contributed by atoms with Crippen LogP contribution >= 0.6 is 0 Å². The van der Waals surface area contributed by atoms with Gasteiger partial charge in [0.15, 0.2) is 0 Å². The molecule has 0 saturated carbocycles. The van der Waals surface area contributed by atoms with Gasteiger partial charge in [-0.15, -0.1) is 0 Å². The largest absolute Gasteiger partial charge is 0.382 e. The fourth-order valence-electron chi connectivity index (χ4n) is 0.930. The zero-order valence-corrected chi connectivity index (χ0v) is 9.45. The summed E-state index contributed by atoms with van der Waals surface area (Å²) in [6.07, 6.45) is 1.18. The van der Waals surface area contributed by atoms with E-state index in [-0.39, 0.29) is 6.10 Å². The quantitative estimate of drug-likeness (QED) is 0.501. The summed E-state index contributed by atoms with van der Waals surface area (Å²) in [5, 5.41) is 0. The van der Waals surface area contributed by atoms with Crippen LogP contribution in [-0.4, -0.2) is 53.4 Å². The molecule has 0 aliphatic heterocycles. The Morgan fingerprint density at radius 2 is 1.57 bits per heavy atom. The Kier molecular flexibility index (Phi) is 10.8. The molecule has 0 N–H and O–H groups in total. The summed E-state index contributed by atoms with van der Waals surface area (Å²) in [6, 6.07) is 0. The Hall–Kier alpha value is -0.160. The highest BCUT2D eigenvalue weighted by atomic mass is 16.6. The maximum Gasteiger partial charge on any atom is 0.0802 e. The summed E-state index contributed by atoms with van der Waals surface area (Å²) in [7, 11) is 3.36. The molecule has 0 fully saturated rings. The number of methoxy groups -OCH3 is 2. The first-order chi connectivity index (χ1) is 6.85. The molecule has 0 spiro atoms. The second kappa shape index (κ2) is 10.9. The third-order valence-electron chi connectivity index (χ3n) is 1.90. The molecule has 0 amide bonds. The molecule has 0 aliphatic carbocycles. The molecule has 4 nitrogen and oxygen atoms in total. The summed E-state index contributed by atoms with van der Waals surface area (Å²) in [6.45, 7) is 5.21. The molecule has 4 heteroatoms. The van der Waals surface area contributed by atoms with Gasteiger partial charge in [0.1, 0.15) is 0 Å². The fraction of sp³-hybridized carbons (Fsp3) is 1.00. The van der Waals surface area contributed by atoms with Gasteiger partial charge in [0.25, 0.3) is 0 Å². The Morgan fingerprint density at radius 3 is 2.14 bits per heavy atom. The molecule has 0 aromatic heterocycles. The van der Waals surface area contributed by atoms with Crippen LogP contribution in [0.2, 0.25) is 0 Å². The highest BCUT2D eigenvalue weighted by Gasteiger charge is 2.02. The van der Waals surface area contributed by atoms with Gasteiger partial charge in [0.05, 0.1) is 39.1 Å². The molecule has 0 aromatic carbocycles. The third kappa shape index (κ3) is 8.44. The molecule has 0 rings (SSSR count). The van der Waals surface area contributed by atoms with Crippen molar-refractivity contribution in [3.63, 3.8) is 0 Å². The fourth-order valence-corrected chi connectivity index (χ4v) is 0.930. The van der Waals surface area contributed by atoms with Gasteiger partial charge < -0.3 is 18.9 Å². The van der Waals surface area contributed by atoms with Crippen LogP contribution in [0.15, 0.2) is 0 Å². The van der Waals surface area contributed by atoms with Gasteiger partial charge in [-0.2, -0.15) is 0 Å². The zero-order valence-electron chi connectivity index (χ0n) is 9.45. The monoisotopic (exact) mass is 206 g/mol. The van der Waals surface area contributed by atoms with Crippen molar-refractivity contribution >= 4 is 0 Å². The van der Waals surface area contributed by atoms with E-state index in [0.717, 1.165) is 6.42 Å². The van der Waals surface area contributed by atoms with Crippen LogP contribution in [0.5, 0.6) is 0 Å². The highest BCUT2D eigenvalue weighted by molar-refractivity contribution is 4.51. The van der Waals surface area contributed by atoms with Crippen molar-refractivity contribution < 1.29 is 18.9 Å². The summed E-state index contributed by atoms with van der Waals surface area (Å²) >= 11 is 0. The summed E-state index contributed by atoms with van der Waals surface area (Å²) < 4.78 is 20.6. The molecule has 1 unspecified atom stereocenters. The van der Waals surface area contributed by atoms with Gasteiger partial charge in [-0.05, 0) is 6.42 Å². The lowest BCUT2D eigenvalue weighted by Gasteiger charge is -2.13. The smallest absolute Gasteiger partial charge is 0.0802 e. The molecular formula is C10H22O4. The summed E-state index contributed by atoms with van der Waals surface area (Å²) in [4.78, 5) is 0. The van der Waals surface area contributed by atoms with Crippen molar-refractivity contribution in [3.05, 3.63) is 0 Å². The van der Waals surface area contributed by atoms with Crippen molar-refractivity contribution in [2.45, 2.75) is 19.4 Å². The lowest BCUT2D eigenvalue weighted by atomic mass is 10.3. The standard InChI is InChI=1S/C10H22O4/c1-4-10(12-3)9-14-8-7-13-6-5-11-2/h10H,4-9H2,1-3H3. The predicted molar refractivity (Wildman–Crippen MR) is 54.6 cm³/mol. The third-order valence-corrected chi connectivity index (χ3v) is 1.90. The maximum atomic E-state index is 5.37. The minimum atomic E-state index is 0.203. The van der Waals surface area contributed by atoms with Crippen molar-refractivity contribution in [3.8, 4) is 0 Å². The van der Waals surface area contributed by atoms with E-state index in [0.29, 0.717) is 33.0 Å². The van der Waals surface area contributed by atoms with E-state index in [2.05, 4.69) is 6.92 Å². The van der Waals surface area contributed by atoms with Crippen LogP contribution in [0.4, 0.5) is 0 Å². The van der Waals surface area contributed by atoms with Crippen LogP contribution in [0.1, 0.15) is 13.3 Å². The van der Waals surface area contributed by atoms with E-state index < -0.39 is 0 Å². The zero-order chi connectivity index (χ0) is 10.6. The lowest BCUT2D eigenvalue weighted by Crippen LogP contribution is -2.19. The molecule has 0 heterocycles. The van der Waals surface area contributed by atoms with Gasteiger partial charge in [-0.3, -0.25) is 0 Å². The van der Waals surface area contributed by atoms with Gasteiger partial charge in [0.2, 0.25) is 0 Å². The number of rotatable bonds is 10. The summed E-state index contributed by atoms with van der Waals surface area (Å²) in [5.74, 6) is 0. The number of ether oxygens (including phenoxy) is 4. The SMILES string of the molecule is CCC(COCCOCCOC)OC. The average molecular weight is 206 g/mol. The van der Waals surface area contributed by atoms with Crippen LogP contribution in [-0.2, 0) is 18.9 Å². The van der Waals surface area contributed by atoms with E-state index in [4.69, 9.17) is 18.9 Å². The van der Waals surface area contributed by atoms with Crippen molar-refractivity contribution in [1.29, 1.82) is 0 Å². The molecule has 86 valence electrons. The molecule has 14 heavy (non-hydrogen) atoms. The Labute approximate surface area is 86.5 Å². The Bertz CT molecular complexity index is 104. The second-order valence-electron chi connectivity index (χ2n) is 2.95.